The molecule has 0 bridgehead atoms. The van der Waals surface area contributed by atoms with Gasteiger partial charge in [-0.25, -0.2) is 0 Å². The highest BCUT2D eigenvalue weighted by Gasteiger charge is 2.46. The summed E-state index contributed by atoms with van der Waals surface area (Å²) in [6, 6.07) is 9.74. The number of carbonyl (C=O) groups is 2. The molecule has 5 nitrogen and oxygen atoms in total. The lowest BCUT2D eigenvalue weighted by Crippen LogP contribution is -2.54. The third kappa shape index (κ3) is 3.42. The van der Waals surface area contributed by atoms with Crippen molar-refractivity contribution in [1.29, 1.82) is 0 Å². The summed E-state index contributed by atoms with van der Waals surface area (Å²) in [5.41, 5.74) is 0.254. The summed E-state index contributed by atoms with van der Waals surface area (Å²) in [7, 11) is 1.59. The first kappa shape index (κ1) is 15.5. The Kier molecular flexibility index (Phi) is 4.96. The number of benzene rings is 1. The van der Waals surface area contributed by atoms with Crippen molar-refractivity contribution in [3.8, 4) is 0 Å². The van der Waals surface area contributed by atoms with E-state index in [-0.39, 0.29) is 11.8 Å². The number of nitrogens with one attached hydrogen (secondary N) is 1. The normalized spacial score (nSPS) is 21.6. The number of hydrogen-bond acceptors (Lipinski definition) is 3. The van der Waals surface area contributed by atoms with E-state index in [9.17, 15) is 9.59 Å². The fourth-order valence-corrected chi connectivity index (χ4v) is 2.62. The fourth-order valence-electron chi connectivity index (χ4n) is 2.62. The quantitative estimate of drug-likeness (QED) is 0.804. The molecule has 0 spiro atoms. The zero-order chi connectivity index (χ0) is 15.3. The third-order valence-electron chi connectivity index (χ3n) is 3.99. The Morgan fingerprint density at radius 3 is 2.76 bits per heavy atom. The second kappa shape index (κ2) is 6.72. The first-order valence-electron chi connectivity index (χ1n) is 7.19. The van der Waals surface area contributed by atoms with Crippen molar-refractivity contribution in [2.75, 3.05) is 20.3 Å². The molecule has 1 atom stereocenters. The zero-order valence-electron chi connectivity index (χ0n) is 12.6. The van der Waals surface area contributed by atoms with E-state index in [1.54, 1.807) is 12.0 Å². The van der Waals surface area contributed by atoms with Crippen LogP contribution in [0.15, 0.2) is 30.3 Å². The molecule has 0 aromatic heterocycles. The number of hydrogen-bond donors (Lipinski definition) is 1. The van der Waals surface area contributed by atoms with E-state index in [0.29, 0.717) is 32.5 Å². The van der Waals surface area contributed by atoms with E-state index in [4.69, 9.17) is 4.74 Å². The number of methoxy groups -OCH3 is 1. The van der Waals surface area contributed by atoms with Crippen molar-refractivity contribution in [3.05, 3.63) is 35.9 Å². The molecule has 0 aliphatic carbocycles. The Balaban J connectivity index is 2.09. The molecule has 1 aliphatic rings. The van der Waals surface area contributed by atoms with Crippen LogP contribution in [-0.2, 0) is 20.9 Å². The predicted molar refractivity (Wildman–Crippen MR) is 79.5 cm³/mol. The van der Waals surface area contributed by atoms with Crippen molar-refractivity contribution in [2.45, 2.75) is 31.8 Å². The molecule has 2 rings (SSSR count). The highest BCUT2D eigenvalue weighted by Crippen LogP contribution is 2.31. The number of rotatable bonds is 6. The van der Waals surface area contributed by atoms with Gasteiger partial charge in [0.05, 0.1) is 6.61 Å². The Hall–Kier alpha value is -1.88. The minimum Gasteiger partial charge on any atom is -0.383 e. The van der Waals surface area contributed by atoms with Gasteiger partial charge in [-0.15, -0.1) is 0 Å². The monoisotopic (exact) mass is 290 g/mol. The van der Waals surface area contributed by atoms with Gasteiger partial charge in [-0.3, -0.25) is 9.59 Å². The number of carbonyl (C=O) groups excluding carboxylic acids is 2. The van der Waals surface area contributed by atoms with Gasteiger partial charge in [0.25, 0.3) is 0 Å². The highest BCUT2D eigenvalue weighted by molar-refractivity contribution is 5.94. The van der Waals surface area contributed by atoms with Crippen LogP contribution in [0.5, 0.6) is 0 Å². The summed E-state index contributed by atoms with van der Waals surface area (Å²) in [4.78, 5) is 26.3. The van der Waals surface area contributed by atoms with Crippen molar-refractivity contribution >= 4 is 11.8 Å². The molecule has 0 unspecified atom stereocenters. The van der Waals surface area contributed by atoms with E-state index >= 15 is 0 Å². The van der Waals surface area contributed by atoms with E-state index in [1.165, 1.54) is 0 Å². The lowest BCUT2D eigenvalue weighted by Gasteiger charge is -2.34. The molecule has 0 saturated carbocycles. The summed E-state index contributed by atoms with van der Waals surface area (Å²) in [6.07, 6.45) is 0.971. The molecule has 2 amide bonds. The minimum atomic E-state index is -0.777. The van der Waals surface area contributed by atoms with Gasteiger partial charge in [0, 0.05) is 26.6 Å². The molecule has 0 radical (unpaired) electrons. The molecular formula is C16H22N2O3. The van der Waals surface area contributed by atoms with Crippen LogP contribution in [-0.4, -0.2) is 42.5 Å². The van der Waals surface area contributed by atoms with Gasteiger partial charge in [0.1, 0.15) is 5.54 Å². The third-order valence-corrected chi connectivity index (χ3v) is 3.99. The van der Waals surface area contributed by atoms with E-state index < -0.39 is 5.54 Å². The molecule has 1 aromatic rings. The van der Waals surface area contributed by atoms with Crippen LogP contribution in [0.1, 0.15) is 25.3 Å². The second-order valence-corrected chi connectivity index (χ2v) is 5.49. The topological polar surface area (TPSA) is 58.6 Å². The number of ether oxygens (including phenoxy) is 1. The van der Waals surface area contributed by atoms with Crippen LogP contribution in [0.25, 0.3) is 0 Å². The van der Waals surface area contributed by atoms with Crippen LogP contribution < -0.4 is 5.32 Å². The minimum absolute atomic E-state index is 0.0308. The standard InChI is InChI=1S/C16H22N2O3/c1-16(15(20)17-10-11-21-2)9-8-14(19)18(16)12-13-6-4-3-5-7-13/h3-7H,8-12H2,1-2H3,(H,17,20)/t16-/m1/s1. The van der Waals surface area contributed by atoms with Gasteiger partial charge in [0.2, 0.25) is 11.8 Å². The predicted octanol–water partition coefficient (Wildman–Crippen LogP) is 1.33. The Morgan fingerprint density at radius 1 is 1.38 bits per heavy atom. The van der Waals surface area contributed by atoms with Gasteiger partial charge in [-0.05, 0) is 18.9 Å². The molecule has 1 fully saturated rings. The molecule has 1 aliphatic heterocycles. The molecule has 5 heteroatoms. The largest absolute Gasteiger partial charge is 0.383 e. The molecular weight excluding hydrogens is 268 g/mol. The highest BCUT2D eigenvalue weighted by atomic mass is 16.5. The molecule has 1 saturated heterocycles. The summed E-state index contributed by atoms with van der Waals surface area (Å²) in [6.45, 7) is 3.23. The summed E-state index contributed by atoms with van der Waals surface area (Å²) in [5, 5.41) is 2.84. The van der Waals surface area contributed by atoms with Crippen molar-refractivity contribution in [3.63, 3.8) is 0 Å². The Bertz CT molecular complexity index is 504. The van der Waals surface area contributed by atoms with Gasteiger partial charge >= 0.3 is 0 Å². The number of nitrogens with zero attached hydrogens (tertiary/aromatic N) is 1. The van der Waals surface area contributed by atoms with Gasteiger partial charge in [0.15, 0.2) is 0 Å². The van der Waals surface area contributed by atoms with Gasteiger partial charge in [-0.1, -0.05) is 30.3 Å². The number of likely N-dealkylation sites (tertiary alicyclic amines) is 1. The van der Waals surface area contributed by atoms with E-state index in [1.807, 2.05) is 37.3 Å². The van der Waals surface area contributed by atoms with Crippen molar-refractivity contribution in [2.24, 2.45) is 0 Å². The van der Waals surface area contributed by atoms with Gasteiger partial charge < -0.3 is 15.0 Å². The lowest BCUT2D eigenvalue weighted by atomic mass is 9.97. The molecule has 1 aromatic carbocycles. The molecule has 114 valence electrons. The van der Waals surface area contributed by atoms with E-state index in [0.717, 1.165) is 5.56 Å². The fraction of sp³-hybridized carbons (Fsp3) is 0.500. The molecule has 21 heavy (non-hydrogen) atoms. The lowest BCUT2D eigenvalue weighted by molar-refractivity contribution is -0.141. The molecule has 1 N–H and O–H groups in total. The summed E-state index contributed by atoms with van der Waals surface area (Å²) < 4.78 is 4.94. The number of amides is 2. The zero-order valence-corrected chi connectivity index (χ0v) is 12.6. The van der Waals surface area contributed by atoms with Crippen LogP contribution in [0.2, 0.25) is 0 Å². The van der Waals surface area contributed by atoms with Crippen LogP contribution in [0.4, 0.5) is 0 Å². The van der Waals surface area contributed by atoms with Crippen molar-refractivity contribution in [1.82, 2.24) is 10.2 Å². The molecule has 1 heterocycles. The SMILES string of the molecule is COCCNC(=O)[C@@]1(C)CCC(=O)N1Cc1ccccc1. The summed E-state index contributed by atoms with van der Waals surface area (Å²) >= 11 is 0. The first-order valence-corrected chi connectivity index (χ1v) is 7.19. The maximum absolute atomic E-state index is 12.4. The maximum Gasteiger partial charge on any atom is 0.245 e. The van der Waals surface area contributed by atoms with Crippen LogP contribution in [0.3, 0.4) is 0 Å². The average Bonchev–Trinajstić information content (AvgIpc) is 2.78. The average molecular weight is 290 g/mol. The Labute approximate surface area is 125 Å². The maximum atomic E-state index is 12.4. The smallest absolute Gasteiger partial charge is 0.245 e. The van der Waals surface area contributed by atoms with Gasteiger partial charge in [-0.2, -0.15) is 0 Å². The van der Waals surface area contributed by atoms with Crippen LogP contribution >= 0.6 is 0 Å². The van der Waals surface area contributed by atoms with Crippen LogP contribution in [0, 0.1) is 0 Å². The Morgan fingerprint density at radius 2 is 2.10 bits per heavy atom. The first-order chi connectivity index (χ1) is 10.1. The van der Waals surface area contributed by atoms with Crippen molar-refractivity contribution < 1.29 is 14.3 Å². The summed E-state index contributed by atoms with van der Waals surface area (Å²) in [5.74, 6) is -0.0791. The second-order valence-electron chi connectivity index (χ2n) is 5.49. The van der Waals surface area contributed by atoms with E-state index in [2.05, 4.69) is 5.32 Å².